The maximum atomic E-state index is 12.8. The number of rotatable bonds is 5. The summed E-state index contributed by atoms with van der Waals surface area (Å²) < 4.78 is 0. The predicted octanol–water partition coefficient (Wildman–Crippen LogP) is 1.58. The van der Waals surface area contributed by atoms with E-state index in [1.165, 1.54) is 23.8 Å². The van der Waals surface area contributed by atoms with Gasteiger partial charge in [0.05, 0.1) is 17.6 Å². The summed E-state index contributed by atoms with van der Waals surface area (Å²) in [5, 5.41) is 12.2. The van der Waals surface area contributed by atoms with Gasteiger partial charge in [-0.3, -0.25) is 15.0 Å². The van der Waals surface area contributed by atoms with E-state index < -0.39 is 11.9 Å². The highest BCUT2D eigenvalue weighted by Crippen LogP contribution is 2.30. The second-order valence-corrected chi connectivity index (χ2v) is 6.76. The van der Waals surface area contributed by atoms with Crippen molar-refractivity contribution in [1.29, 1.82) is 5.41 Å². The Balaban J connectivity index is 1.38. The van der Waals surface area contributed by atoms with E-state index in [1.54, 1.807) is 4.90 Å². The van der Waals surface area contributed by atoms with Crippen molar-refractivity contribution in [2.45, 2.75) is 31.5 Å². The monoisotopic (exact) mass is 380 g/mol. The number of nitrogens with one attached hydrogen (secondary N) is 2. The van der Waals surface area contributed by atoms with Gasteiger partial charge in [0.2, 0.25) is 0 Å². The fraction of sp³-hybridized carbons (Fsp3) is 0.316. The highest BCUT2D eigenvalue weighted by atomic mass is 16.7. The molecule has 2 atom stereocenters. The maximum absolute atomic E-state index is 12.8. The van der Waals surface area contributed by atoms with Crippen LogP contribution in [0.5, 0.6) is 0 Å². The Bertz CT molecular complexity index is 876. The number of hydrogen-bond acceptors (Lipinski definition) is 6. The minimum Gasteiger partial charge on any atom is -0.311 e. The van der Waals surface area contributed by atoms with Crippen LogP contribution in [0.15, 0.2) is 49.1 Å². The summed E-state index contributed by atoms with van der Waals surface area (Å²) in [6.07, 6.45) is 5.38. The Labute approximate surface area is 161 Å². The SMILES string of the molecule is N=C(NC(=O)c1cncnc1)[C@@H]1CC[C@@H]2CN1C(=O)N2OCc1ccccc1. The molecule has 3 amide bonds. The summed E-state index contributed by atoms with van der Waals surface area (Å²) in [5.74, 6) is -0.470. The maximum Gasteiger partial charge on any atom is 0.344 e. The van der Waals surface area contributed by atoms with E-state index in [-0.39, 0.29) is 23.5 Å². The van der Waals surface area contributed by atoms with Crippen LogP contribution in [-0.2, 0) is 11.4 Å². The number of hydroxylamine groups is 2. The predicted molar refractivity (Wildman–Crippen MR) is 99.2 cm³/mol. The summed E-state index contributed by atoms with van der Waals surface area (Å²) in [7, 11) is 0. The second-order valence-electron chi connectivity index (χ2n) is 6.76. The first-order valence-corrected chi connectivity index (χ1v) is 9.05. The molecule has 4 rings (SSSR count). The first-order chi connectivity index (χ1) is 13.6. The van der Waals surface area contributed by atoms with Crippen LogP contribution in [0.3, 0.4) is 0 Å². The largest absolute Gasteiger partial charge is 0.344 e. The standard InChI is InChI=1S/C19H20N6O3/c20-17(23-18(26)14-8-21-12-22-9-14)16-7-6-15-10-24(16)19(27)25(15)28-11-13-4-2-1-3-5-13/h1-5,8-9,12,15-16H,6-7,10-11H2,(H2,20,23,26)/t15-,16+/m1/s1. The third kappa shape index (κ3) is 3.56. The van der Waals surface area contributed by atoms with Crippen LogP contribution in [0.4, 0.5) is 4.79 Å². The molecular formula is C19H20N6O3. The van der Waals surface area contributed by atoms with Crippen molar-refractivity contribution >= 4 is 17.8 Å². The molecule has 144 valence electrons. The zero-order chi connectivity index (χ0) is 19.5. The number of amidine groups is 1. The molecule has 0 unspecified atom stereocenters. The zero-order valence-corrected chi connectivity index (χ0v) is 15.1. The van der Waals surface area contributed by atoms with E-state index in [9.17, 15) is 9.59 Å². The van der Waals surface area contributed by atoms with Gasteiger partial charge in [-0.15, -0.1) is 0 Å². The van der Waals surface area contributed by atoms with Gasteiger partial charge in [0.25, 0.3) is 5.91 Å². The molecule has 3 heterocycles. The summed E-state index contributed by atoms with van der Waals surface area (Å²) in [4.78, 5) is 40.0. The van der Waals surface area contributed by atoms with Crippen LogP contribution < -0.4 is 5.32 Å². The number of amides is 3. The first-order valence-electron chi connectivity index (χ1n) is 9.05. The topological polar surface area (TPSA) is 112 Å². The lowest BCUT2D eigenvalue weighted by atomic mass is 10.00. The molecule has 0 radical (unpaired) electrons. The van der Waals surface area contributed by atoms with Gasteiger partial charge in [-0.05, 0) is 18.4 Å². The van der Waals surface area contributed by atoms with Crippen LogP contribution in [0, 0.1) is 5.41 Å². The summed E-state index contributed by atoms with van der Waals surface area (Å²) >= 11 is 0. The highest BCUT2D eigenvalue weighted by Gasteiger charge is 2.47. The molecule has 2 bridgehead atoms. The van der Waals surface area contributed by atoms with Crippen LogP contribution in [0.25, 0.3) is 0 Å². The number of urea groups is 1. The number of hydrogen-bond donors (Lipinski definition) is 2. The van der Waals surface area contributed by atoms with Crippen molar-refractivity contribution in [3.05, 3.63) is 60.2 Å². The van der Waals surface area contributed by atoms with Crippen molar-refractivity contribution in [3.8, 4) is 0 Å². The van der Waals surface area contributed by atoms with E-state index in [0.29, 0.717) is 26.0 Å². The molecular weight excluding hydrogens is 360 g/mol. The molecule has 0 saturated carbocycles. The molecule has 2 aliphatic rings. The number of nitrogens with zero attached hydrogens (tertiary/aromatic N) is 4. The number of carbonyl (C=O) groups excluding carboxylic acids is 2. The fourth-order valence-electron chi connectivity index (χ4n) is 3.51. The Morgan fingerprint density at radius 1 is 1.21 bits per heavy atom. The van der Waals surface area contributed by atoms with Gasteiger partial charge >= 0.3 is 6.03 Å². The molecule has 0 aliphatic carbocycles. The van der Waals surface area contributed by atoms with Gasteiger partial charge < -0.3 is 10.2 Å². The summed E-state index contributed by atoms with van der Waals surface area (Å²) in [6, 6.07) is 8.85. The van der Waals surface area contributed by atoms with Gasteiger partial charge in [0, 0.05) is 18.9 Å². The minimum atomic E-state index is -0.484. The Morgan fingerprint density at radius 2 is 1.96 bits per heavy atom. The van der Waals surface area contributed by atoms with Gasteiger partial charge in [0.15, 0.2) is 0 Å². The van der Waals surface area contributed by atoms with Crippen molar-refractivity contribution in [3.63, 3.8) is 0 Å². The Hall–Kier alpha value is -3.33. The van der Waals surface area contributed by atoms with Crippen molar-refractivity contribution in [2.75, 3.05) is 6.54 Å². The molecule has 2 aromatic rings. The normalized spacial score (nSPS) is 20.9. The van der Waals surface area contributed by atoms with Crippen LogP contribution in [0.2, 0.25) is 0 Å². The molecule has 0 spiro atoms. The lowest BCUT2D eigenvalue weighted by molar-refractivity contribution is -0.140. The molecule has 1 aromatic heterocycles. The van der Waals surface area contributed by atoms with E-state index in [0.717, 1.165) is 5.56 Å². The number of piperidine rings is 1. The third-order valence-electron chi connectivity index (χ3n) is 4.94. The second kappa shape index (κ2) is 7.73. The smallest absolute Gasteiger partial charge is 0.311 e. The molecule has 9 heteroatoms. The third-order valence-corrected chi connectivity index (χ3v) is 4.94. The van der Waals surface area contributed by atoms with E-state index >= 15 is 0 Å². The average Bonchev–Trinajstić information content (AvgIpc) is 2.97. The molecule has 2 saturated heterocycles. The Kier molecular flexibility index (Phi) is 4.98. The number of benzene rings is 1. The molecule has 9 nitrogen and oxygen atoms in total. The number of fused-ring (bicyclic) bond motifs is 2. The van der Waals surface area contributed by atoms with Crippen LogP contribution >= 0.6 is 0 Å². The average molecular weight is 380 g/mol. The van der Waals surface area contributed by atoms with Crippen molar-refractivity contribution < 1.29 is 14.4 Å². The lowest BCUT2D eigenvalue weighted by Gasteiger charge is -2.30. The minimum absolute atomic E-state index is 0.00874. The first kappa shape index (κ1) is 18.1. The molecule has 2 fully saturated rings. The molecule has 28 heavy (non-hydrogen) atoms. The van der Waals surface area contributed by atoms with Gasteiger partial charge in [-0.25, -0.2) is 14.8 Å². The van der Waals surface area contributed by atoms with Crippen molar-refractivity contribution in [1.82, 2.24) is 25.2 Å². The van der Waals surface area contributed by atoms with Gasteiger partial charge in [0.1, 0.15) is 18.8 Å². The van der Waals surface area contributed by atoms with Crippen LogP contribution in [0.1, 0.15) is 28.8 Å². The van der Waals surface area contributed by atoms with Gasteiger partial charge in [-0.1, -0.05) is 30.3 Å². The number of carbonyl (C=O) groups is 2. The highest BCUT2D eigenvalue weighted by molar-refractivity contribution is 6.07. The van der Waals surface area contributed by atoms with Crippen molar-refractivity contribution in [2.24, 2.45) is 0 Å². The molecule has 2 aliphatic heterocycles. The Morgan fingerprint density at radius 3 is 2.71 bits per heavy atom. The zero-order valence-electron chi connectivity index (χ0n) is 15.1. The van der Waals surface area contributed by atoms with E-state index in [4.69, 9.17) is 10.2 Å². The molecule has 2 N–H and O–H groups in total. The van der Waals surface area contributed by atoms with E-state index in [1.807, 2.05) is 30.3 Å². The molecule has 1 aromatic carbocycles. The summed E-state index contributed by atoms with van der Waals surface area (Å²) in [6.45, 7) is 0.786. The lowest BCUT2D eigenvalue weighted by Crippen LogP contribution is -2.50. The fourth-order valence-corrected chi connectivity index (χ4v) is 3.51. The van der Waals surface area contributed by atoms with Gasteiger partial charge in [-0.2, -0.15) is 5.06 Å². The number of aromatic nitrogens is 2. The quantitative estimate of drug-likeness (QED) is 0.604. The van der Waals surface area contributed by atoms with Crippen LogP contribution in [-0.4, -0.2) is 56.3 Å². The van der Waals surface area contributed by atoms with E-state index in [2.05, 4.69) is 15.3 Å². The summed E-state index contributed by atoms with van der Waals surface area (Å²) in [5.41, 5.74) is 1.25.